The summed E-state index contributed by atoms with van der Waals surface area (Å²) in [6.07, 6.45) is 1.11. The van der Waals surface area contributed by atoms with Crippen molar-refractivity contribution < 1.29 is 9.53 Å². The first-order valence-corrected chi connectivity index (χ1v) is 7.45. The molecule has 0 bridgehead atoms. The summed E-state index contributed by atoms with van der Waals surface area (Å²) >= 11 is 0. The average molecular weight is 291 g/mol. The lowest BCUT2D eigenvalue weighted by molar-refractivity contribution is 0.0598. The van der Waals surface area contributed by atoms with Crippen molar-refractivity contribution in [1.82, 2.24) is 10.3 Å². The van der Waals surface area contributed by atoms with Crippen LogP contribution in [0.3, 0.4) is 0 Å². The molecule has 0 radical (unpaired) electrons. The Bertz CT molecular complexity index is 507. The number of ether oxygens (including phenoxy) is 1. The van der Waals surface area contributed by atoms with Crippen LogP contribution >= 0.6 is 0 Å². The van der Waals surface area contributed by atoms with Gasteiger partial charge in [-0.15, -0.1) is 0 Å². The number of carbonyl (C=O) groups excluding carboxylic acids is 1. The summed E-state index contributed by atoms with van der Waals surface area (Å²) in [5.74, 6) is 1.18. The van der Waals surface area contributed by atoms with Crippen molar-refractivity contribution in [2.75, 3.05) is 32.1 Å². The van der Waals surface area contributed by atoms with E-state index in [0.717, 1.165) is 36.6 Å². The van der Waals surface area contributed by atoms with Crippen LogP contribution < -0.4 is 10.2 Å². The molecule has 1 aromatic rings. The molecule has 5 heteroatoms. The zero-order chi connectivity index (χ0) is 15.6. The van der Waals surface area contributed by atoms with Gasteiger partial charge in [0, 0.05) is 13.1 Å². The molecule has 1 aliphatic rings. The third kappa shape index (κ3) is 3.18. The maximum Gasteiger partial charge on any atom is 0.339 e. The summed E-state index contributed by atoms with van der Waals surface area (Å²) in [4.78, 5) is 18.7. The van der Waals surface area contributed by atoms with Gasteiger partial charge in [-0.2, -0.15) is 0 Å². The van der Waals surface area contributed by atoms with Crippen molar-refractivity contribution in [3.8, 4) is 0 Å². The molecule has 1 aliphatic heterocycles. The van der Waals surface area contributed by atoms with Crippen LogP contribution in [0.1, 0.15) is 35.0 Å². The summed E-state index contributed by atoms with van der Waals surface area (Å²) in [7, 11) is 3.49. The zero-order valence-electron chi connectivity index (χ0n) is 13.6. The number of aryl methyl sites for hydroxylation is 2. The molecule has 5 nitrogen and oxygen atoms in total. The van der Waals surface area contributed by atoms with Crippen LogP contribution in [0.15, 0.2) is 6.07 Å². The van der Waals surface area contributed by atoms with Gasteiger partial charge in [0.15, 0.2) is 0 Å². The molecule has 1 N–H and O–H groups in total. The topological polar surface area (TPSA) is 54.5 Å². The number of esters is 1. The fraction of sp³-hybridized carbons (Fsp3) is 0.625. The molecule has 0 amide bonds. The van der Waals surface area contributed by atoms with E-state index in [9.17, 15) is 4.79 Å². The van der Waals surface area contributed by atoms with Crippen LogP contribution in [-0.2, 0) is 4.74 Å². The predicted octanol–water partition coefficient (Wildman–Crippen LogP) is 1.92. The highest BCUT2D eigenvalue weighted by molar-refractivity contribution is 5.92. The molecule has 0 aliphatic carbocycles. The van der Waals surface area contributed by atoms with E-state index in [2.05, 4.69) is 29.2 Å². The number of methoxy groups -OCH3 is 1. The maximum absolute atomic E-state index is 11.8. The fourth-order valence-corrected chi connectivity index (χ4v) is 3.15. The van der Waals surface area contributed by atoms with Crippen molar-refractivity contribution in [1.29, 1.82) is 0 Å². The molecule has 2 rings (SSSR count). The van der Waals surface area contributed by atoms with E-state index in [1.165, 1.54) is 7.11 Å². The number of piperidine rings is 1. The Morgan fingerprint density at radius 2 is 2.19 bits per heavy atom. The van der Waals surface area contributed by atoms with E-state index in [1.807, 2.05) is 19.9 Å². The van der Waals surface area contributed by atoms with Crippen LogP contribution in [0.5, 0.6) is 0 Å². The summed E-state index contributed by atoms with van der Waals surface area (Å²) < 4.78 is 4.83. The molecule has 2 atom stereocenters. The van der Waals surface area contributed by atoms with Crippen molar-refractivity contribution in [3.63, 3.8) is 0 Å². The zero-order valence-corrected chi connectivity index (χ0v) is 13.6. The van der Waals surface area contributed by atoms with Gasteiger partial charge in [-0.1, -0.05) is 6.92 Å². The molecular formula is C16H25N3O2. The predicted molar refractivity (Wildman–Crippen MR) is 83.9 cm³/mol. The van der Waals surface area contributed by atoms with E-state index in [-0.39, 0.29) is 5.97 Å². The Morgan fingerprint density at radius 3 is 2.76 bits per heavy atom. The maximum atomic E-state index is 11.8. The number of nitrogens with one attached hydrogen (secondary N) is 1. The van der Waals surface area contributed by atoms with Gasteiger partial charge in [-0.05, 0) is 50.9 Å². The van der Waals surface area contributed by atoms with Gasteiger partial charge in [0.05, 0.1) is 18.4 Å². The number of anilines is 1. The first-order chi connectivity index (χ1) is 9.95. The van der Waals surface area contributed by atoms with Crippen LogP contribution in [0.4, 0.5) is 5.82 Å². The number of rotatable bonds is 3. The number of carbonyl (C=O) groups is 1. The van der Waals surface area contributed by atoms with Crippen molar-refractivity contribution in [2.45, 2.75) is 33.2 Å². The smallest absolute Gasteiger partial charge is 0.339 e. The van der Waals surface area contributed by atoms with Gasteiger partial charge in [-0.25, -0.2) is 9.78 Å². The normalized spacial score (nSPS) is 22.0. The number of hydrogen-bond acceptors (Lipinski definition) is 5. The van der Waals surface area contributed by atoms with Gasteiger partial charge in [-0.3, -0.25) is 0 Å². The highest BCUT2D eigenvalue weighted by Crippen LogP contribution is 2.25. The van der Waals surface area contributed by atoms with Crippen LogP contribution in [0.2, 0.25) is 0 Å². The SMILES string of the molecule is COC(=O)c1c(C)cc(N(C)C2CCNCC2C)nc1C. The van der Waals surface area contributed by atoms with Gasteiger partial charge >= 0.3 is 5.97 Å². The number of nitrogens with zero attached hydrogens (tertiary/aromatic N) is 2. The molecule has 1 fully saturated rings. The van der Waals surface area contributed by atoms with Gasteiger partial charge in [0.2, 0.25) is 0 Å². The molecule has 116 valence electrons. The van der Waals surface area contributed by atoms with E-state index < -0.39 is 0 Å². The second-order valence-corrected chi connectivity index (χ2v) is 5.90. The lowest BCUT2D eigenvalue weighted by Crippen LogP contribution is -2.47. The Kier molecular flexibility index (Phi) is 4.83. The molecule has 0 saturated carbocycles. The summed E-state index contributed by atoms with van der Waals surface area (Å²) in [5, 5.41) is 3.42. The average Bonchev–Trinajstić information content (AvgIpc) is 2.46. The standard InChI is InChI=1S/C16H25N3O2/c1-10-8-14(18-12(3)15(10)16(20)21-5)19(4)13-6-7-17-9-11(13)2/h8,11,13,17H,6-7,9H2,1-5H3. The van der Waals surface area contributed by atoms with Gasteiger partial charge in [0.1, 0.15) is 5.82 Å². The van der Waals surface area contributed by atoms with E-state index in [0.29, 0.717) is 17.5 Å². The highest BCUT2D eigenvalue weighted by atomic mass is 16.5. The fourth-order valence-electron chi connectivity index (χ4n) is 3.15. The summed E-state index contributed by atoms with van der Waals surface area (Å²) in [5.41, 5.74) is 2.22. The molecule has 1 saturated heterocycles. The second kappa shape index (κ2) is 6.43. The molecule has 0 spiro atoms. The first kappa shape index (κ1) is 15.8. The largest absolute Gasteiger partial charge is 0.465 e. The Labute approximate surface area is 126 Å². The lowest BCUT2D eigenvalue weighted by atomic mass is 9.94. The van der Waals surface area contributed by atoms with Gasteiger partial charge in [0.25, 0.3) is 0 Å². The monoisotopic (exact) mass is 291 g/mol. The van der Waals surface area contributed by atoms with Crippen LogP contribution in [0, 0.1) is 19.8 Å². The Morgan fingerprint density at radius 1 is 1.48 bits per heavy atom. The van der Waals surface area contributed by atoms with E-state index >= 15 is 0 Å². The highest BCUT2D eigenvalue weighted by Gasteiger charge is 2.26. The number of hydrogen-bond donors (Lipinski definition) is 1. The minimum atomic E-state index is -0.318. The molecular weight excluding hydrogens is 266 g/mol. The van der Waals surface area contributed by atoms with E-state index in [4.69, 9.17) is 4.74 Å². The molecule has 21 heavy (non-hydrogen) atoms. The van der Waals surface area contributed by atoms with Crippen molar-refractivity contribution in [2.24, 2.45) is 5.92 Å². The van der Waals surface area contributed by atoms with Crippen LogP contribution in [0.25, 0.3) is 0 Å². The number of aromatic nitrogens is 1. The number of pyridine rings is 1. The molecule has 2 unspecified atom stereocenters. The first-order valence-electron chi connectivity index (χ1n) is 7.45. The third-order valence-corrected chi connectivity index (χ3v) is 4.37. The van der Waals surface area contributed by atoms with Crippen molar-refractivity contribution >= 4 is 11.8 Å². The lowest BCUT2D eigenvalue weighted by Gasteiger charge is -2.37. The minimum absolute atomic E-state index is 0.318. The third-order valence-electron chi connectivity index (χ3n) is 4.37. The van der Waals surface area contributed by atoms with Crippen LogP contribution in [-0.4, -0.2) is 44.2 Å². The summed E-state index contributed by atoms with van der Waals surface area (Å²) in [6, 6.07) is 2.45. The summed E-state index contributed by atoms with van der Waals surface area (Å²) in [6.45, 7) is 8.13. The molecule has 1 aromatic heterocycles. The Balaban J connectivity index is 2.30. The molecule has 2 heterocycles. The van der Waals surface area contributed by atoms with E-state index in [1.54, 1.807) is 0 Å². The Hall–Kier alpha value is -1.62. The quantitative estimate of drug-likeness (QED) is 0.862. The molecule has 0 aromatic carbocycles. The van der Waals surface area contributed by atoms with Gasteiger partial charge < -0.3 is 15.0 Å². The second-order valence-electron chi connectivity index (χ2n) is 5.90. The minimum Gasteiger partial charge on any atom is -0.465 e. The van der Waals surface area contributed by atoms with Crippen molar-refractivity contribution in [3.05, 3.63) is 22.9 Å².